The van der Waals surface area contributed by atoms with Gasteiger partial charge in [-0.15, -0.1) is 0 Å². The van der Waals surface area contributed by atoms with Gasteiger partial charge >= 0.3 is 0 Å². The summed E-state index contributed by atoms with van der Waals surface area (Å²) in [5, 5.41) is 20.7. The van der Waals surface area contributed by atoms with Gasteiger partial charge in [0, 0.05) is 48.1 Å². The Kier molecular flexibility index (Phi) is 5.75. The van der Waals surface area contributed by atoms with E-state index in [4.69, 9.17) is 4.98 Å². The van der Waals surface area contributed by atoms with Gasteiger partial charge in [-0.2, -0.15) is 15.5 Å². The summed E-state index contributed by atoms with van der Waals surface area (Å²) < 4.78 is 19.1. The quantitative estimate of drug-likeness (QED) is 0.470. The summed E-state index contributed by atoms with van der Waals surface area (Å²) >= 11 is 0. The third-order valence-corrected chi connectivity index (χ3v) is 8.05. The van der Waals surface area contributed by atoms with Crippen molar-refractivity contribution in [3.05, 3.63) is 48.7 Å². The zero-order chi connectivity index (χ0) is 23.7. The molecule has 5 heterocycles. The average molecular weight is 476 g/mol. The lowest BCUT2D eigenvalue weighted by atomic mass is 10.1. The molecule has 1 fully saturated rings. The first kappa shape index (κ1) is 22.0. The first-order valence-corrected chi connectivity index (χ1v) is 13.0. The number of hydrogen-bond donors (Lipinski definition) is 1. The van der Waals surface area contributed by atoms with E-state index in [1.54, 1.807) is 29.3 Å². The van der Waals surface area contributed by atoms with E-state index in [1.165, 1.54) is 6.20 Å². The molecule has 0 aliphatic carbocycles. The molecule has 0 spiro atoms. The van der Waals surface area contributed by atoms with Crippen molar-refractivity contribution in [1.29, 1.82) is 5.26 Å². The lowest BCUT2D eigenvalue weighted by Crippen LogP contribution is -2.40. The van der Waals surface area contributed by atoms with Crippen LogP contribution in [0.5, 0.6) is 0 Å². The van der Waals surface area contributed by atoms with Gasteiger partial charge in [-0.25, -0.2) is 23.1 Å². The third-order valence-electron chi connectivity index (χ3n) is 5.79. The standard InChI is InChI=1S/C23H25N9OS/c1-16(2)10-29-34(33)7-5-31(6-8-34)21-4-3-17(11-25-21)22-23-18(9-24)14-28-32(23)15-20(30-22)19-12-26-27-13-19/h3-4,11-16H,5-8,10H2,1-2H3,(H,26,27). The molecular formula is C23H25N9OS. The number of aromatic amines is 1. The van der Waals surface area contributed by atoms with Gasteiger partial charge in [-0.3, -0.25) is 5.10 Å². The number of aromatic nitrogens is 6. The zero-order valence-corrected chi connectivity index (χ0v) is 19.9. The van der Waals surface area contributed by atoms with E-state index >= 15 is 0 Å². The van der Waals surface area contributed by atoms with Crippen LogP contribution in [0.25, 0.3) is 28.0 Å². The van der Waals surface area contributed by atoms with Crippen LogP contribution >= 0.6 is 0 Å². The number of pyridine rings is 1. The number of hydrogen-bond acceptors (Lipinski definition) is 8. The summed E-state index contributed by atoms with van der Waals surface area (Å²) in [4.78, 5) is 11.6. The van der Waals surface area contributed by atoms with Crippen LogP contribution in [0.2, 0.25) is 0 Å². The molecule has 0 bridgehead atoms. The molecule has 0 amide bonds. The van der Waals surface area contributed by atoms with Crippen molar-refractivity contribution >= 4 is 21.1 Å². The summed E-state index contributed by atoms with van der Waals surface area (Å²) in [6.45, 7) is 6.14. The van der Waals surface area contributed by atoms with Gasteiger partial charge in [-0.05, 0) is 18.1 Å². The maximum absolute atomic E-state index is 13.0. The van der Waals surface area contributed by atoms with Gasteiger partial charge in [0.15, 0.2) is 0 Å². The Labute approximate surface area is 197 Å². The largest absolute Gasteiger partial charge is 0.355 e. The van der Waals surface area contributed by atoms with E-state index < -0.39 is 9.73 Å². The van der Waals surface area contributed by atoms with E-state index in [-0.39, 0.29) is 0 Å². The Morgan fingerprint density at radius 1 is 1.21 bits per heavy atom. The van der Waals surface area contributed by atoms with Gasteiger partial charge < -0.3 is 4.90 Å². The molecule has 5 rings (SSSR count). The number of anilines is 1. The number of nitrogens with zero attached hydrogens (tertiary/aromatic N) is 8. The Morgan fingerprint density at radius 3 is 2.68 bits per heavy atom. The highest BCUT2D eigenvalue weighted by atomic mass is 32.2. The van der Waals surface area contributed by atoms with E-state index in [2.05, 4.69) is 49.5 Å². The summed E-state index contributed by atoms with van der Waals surface area (Å²) in [6.07, 6.45) is 8.53. The molecule has 1 saturated heterocycles. The van der Waals surface area contributed by atoms with E-state index in [1.807, 2.05) is 12.1 Å². The number of fused-ring (bicyclic) bond motifs is 1. The summed E-state index contributed by atoms with van der Waals surface area (Å²) in [7, 11) is -2.13. The van der Waals surface area contributed by atoms with Crippen LogP contribution in [0.15, 0.2) is 47.5 Å². The molecular weight excluding hydrogens is 450 g/mol. The minimum absolute atomic E-state index is 0.412. The molecule has 4 aromatic rings. The van der Waals surface area contributed by atoms with Crippen LogP contribution in [-0.4, -0.2) is 65.1 Å². The SMILES string of the molecule is CC(C)CN=S1(=O)CCN(c2ccc(-c3nc(-c4cn[nH]c4)cn4ncc(C#N)c34)cn2)CC1. The van der Waals surface area contributed by atoms with Crippen LogP contribution in [0.3, 0.4) is 0 Å². The predicted molar refractivity (Wildman–Crippen MR) is 131 cm³/mol. The van der Waals surface area contributed by atoms with Crippen LogP contribution < -0.4 is 4.90 Å². The van der Waals surface area contributed by atoms with Crippen LogP contribution in [-0.2, 0) is 9.73 Å². The van der Waals surface area contributed by atoms with Crippen molar-refractivity contribution in [3.63, 3.8) is 0 Å². The zero-order valence-electron chi connectivity index (χ0n) is 19.0. The lowest BCUT2D eigenvalue weighted by molar-refractivity contribution is 0.641. The Balaban J connectivity index is 1.45. The summed E-state index contributed by atoms with van der Waals surface area (Å²) in [5.74, 6) is 2.35. The Bertz CT molecular complexity index is 1460. The van der Waals surface area contributed by atoms with Crippen LogP contribution in [0.4, 0.5) is 5.82 Å². The second kappa shape index (κ2) is 8.87. The molecule has 0 radical (unpaired) electrons. The molecule has 0 unspecified atom stereocenters. The smallest absolute Gasteiger partial charge is 0.128 e. The fourth-order valence-corrected chi connectivity index (χ4v) is 5.95. The molecule has 0 aromatic carbocycles. The summed E-state index contributed by atoms with van der Waals surface area (Å²) in [6, 6.07) is 6.09. The molecule has 0 saturated carbocycles. The van der Waals surface area contributed by atoms with E-state index in [0.717, 1.165) is 16.9 Å². The van der Waals surface area contributed by atoms with Crippen LogP contribution in [0, 0.1) is 17.2 Å². The van der Waals surface area contributed by atoms with Crippen molar-refractivity contribution in [1.82, 2.24) is 29.8 Å². The fourth-order valence-electron chi connectivity index (χ4n) is 3.90. The minimum atomic E-state index is -2.13. The normalized spacial score (nSPS) is 15.5. The molecule has 174 valence electrons. The number of nitriles is 1. The van der Waals surface area contributed by atoms with Crippen molar-refractivity contribution in [2.45, 2.75) is 13.8 Å². The van der Waals surface area contributed by atoms with Gasteiger partial charge in [0.2, 0.25) is 0 Å². The number of H-pyrrole nitrogens is 1. The highest BCUT2D eigenvalue weighted by Crippen LogP contribution is 2.29. The molecule has 11 heteroatoms. The first-order valence-electron chi connectivity index (χ1n) is 11.1. The van der Waals surface area contributed by atoms with Gasteiger partial charge in [0.25, 0.3) is 0 Å². The third kappa shape index (κ3) is 4.24. The summed E-state index contributed by atoms with van der Waals surface area (Å²) in [5.41, 5.74) is 3.99. The topological polar surface area (TPSA) is 128 Å². The predicted octanol–water partition coefficient (Wildman–Crippen LogP) is 3.00. The molecule has 34 heavy (non-hydrogen) atoms. The number of nitrogens with one attached hydrogen (secondary N) is 1. The lowest BCUT2D eigenvalue weighted by Gasteiger charge is -2.29. The maximum atomic E-state index is 13.0. The van der Waals surface area contributed by atoms with Gasteiger partial charge in [0.05, 0.1) is 46.3 Å². The minimum Gasteiger partial charge on any atom is -0.355 e. The van der Waals surface area contributed by atoms with Crippen molar-refractivity contribution in [2.75, 3.05) is 36.0 Å². The highest BCUT2D eigenvalue weighted by molar-refractivity contribution is 7.93. The highest BCUT2D eigenvalue weighted by Gasteiger charge is 2.22. The second-order valence-electron chi connectivity index (χ2n) is 8.70. The molecule has 4 aromatic heterocycles. The average Bonchev–Trinajstić information content (AvgIpc) is 3.53. The first-order chi connectivity index (χ1) is 16.5. The second-order valence-corrected chi connectivity index (χ2v) is 11.3. The van der Waals surface area contributed by atoms with Gasteiger partial charge in [-0.1, -0.05) is 13.8 Å². The number of rotatable bonds is 5. The van der Waals surface area contributed by atoms with E-state index in [0.29, 0.717) is 59.5 Å². The molecule has 10 nitrogen and oxygen atoms in total. The molecule has 0 atom stereocenters. The van der Waals surface area contributed by atoms with Crippen LogP contribution in [0.1, 0.15) is 19.4 Å². The van der Waals surface area contributed by atoms with Crippen molar-refractivity contribution < 1.29 is 4.21 Å². The monoisotopic (exact) mass is 475 g/mol. The molecule has 1 aliphatic heterocycles. The molecule has 1 N–H and O–H groups in total. The maximum Gasteiger partial charge on any atom is 0.128 e. The Hall–Kier alpha value is -3.78. The van der Waals surface area contributed by atoms with Crippen molar-refractivity contribution in [2.24, 2.45) is 10.3 Å². The molecule has 1 aliphatic rings. The fraction of sp³-hybridized carbons (Fsp3) is 0.348. The van der Waals surface area contributed by atoms with E-state index in [9.17, 15) is 9.47 Å². The van der Waals surface area contributed by atoms with Gasteiger partial charge in [0.1, 0.15) is 23.0 Å². The Morgan fingerprint density at radius 2 is 2.03 bits per heavy atom. The van der Waals surface area contributed by atoms with Crippen molar-refractivity contribution in [3.8, 4) is 28.6 Å².